The minimum atomic E-state index is -3.38. The molecule has 0 aromatic heterocycles. The monoisotopic (exact) mass is 401 g/mol. The number of Topliss-reactive ketones (excluding diaryl/α,β-unsaturated/α-hetero) is 1. The highest BCUT2D eigenvalue weighted by atomic mass is 32.2. The van der Waals surface area contributed by atoms with E-state index >= 15 is 0 Å². The number of fused-ring (bicyclic) bond motifs is 1. The zero-order valence-electron chi connectivity index (χ0n) is 16.4. The van der Waals surface area contributed by atoms with E-state index in [4.69, 9.17) is 4.74 Å². The van der Waals surface area contributed by atoms with Crippen molar-refractivity contribution in [2.45, 2.75) is 33.2 Å². The summed E-state index contributed by atoms with van der Waals surface area (Å²) in [5.74, 6) is -0.862. The van der Waals surface area contributed by atoms with Gasteiger partial charge in [0.05, 0.1) is 17.5 Å². The van der Waals surface area contributed by atoms with Gasteiger partial charge in [-0.05, 0) is 62.6 Å². The molecule has 28 heavy (non-hydrogen) atoms. The summed E-state index contributed by atoms with van der Waals surface area (Å²) >= 11 is 0. The number of rotatable bonds is 5. The van der Waals surface area contributed by atoms with Crippen LogP contribution in [-0.4, -0.2) is 39.1 Å². The van der Waals surface area contributed by atoms with Crippen LogP contribution in [0.5, 0.6) is 0 Å². The lowest BCUT2D eigenvalue weighted by Crippen LogP contribution is -2.34. The van der Waals surface area contributed by atoms with Gasteiger partial charge in [0.25, 0.3) is 0 Å². The Hall–Kier alpha value is -2.67. The van der Waals surface area contributed by atoms with Crippen molar-refractivity contribution < 1.29 is 22.7 Å². The van der Waals surface area contributed by atoms with E-state index in [-0.39, 0.29) is 18.4 Å². The highest BCUT2D eigenvalue weighted by molar-refractivity contribution is 7.92. The summed E-state index contributed by atoms with van der Waals surface area (Å²) in [7, 11) is -3.38. The molecular weight excluding hydrogens is 378 g/mol. The van der Waals surface area contributed by atoms with E-state index in [2.05, 4.69) is 0 Å². The standard InChI is InChI=1S/C21H23NO5S/c1-13-5-6-14(2)18(9-13)21(24)27-12-20(23)16-7-8-19-17(11-16)10-15(3)22(19)28(4,25)26/h5-9,11,15H,10,12H2,1-4H3/t15-/m1/s1. The predicted molar refractivity (Wildman–Crippen MR) is 107 cm³/mol. The molecule has 1 aliphatic heterocycles. The molecule has 0 aliphatic carbocycles. The van der Waals surface area contributed by atoms with Gasteiger partial charge in [-0.3, -0.25) is 9.10 Å². The summed E-state index contributed by atoms with van der Waals surface area (Å²) in [4.78, 5) is 24.8. The van der Waals surface area contributed by atoms with Crippen LogP contribution >= 0.6 is 0 Å². The number of carbonyl (C=O) groups excluding carboxylic acids is 2. The van der Waals surface area contributed by atoms with Crippen LogP contribution in [0.15, 0.2) is 36.4 Å². The van der Waals surface area contributed by atoms with Crippen molar-refractivity contribution in [2.75, 3.05) is 17.2 Å². The average Bonchev–Trinajstić information content (AvgIpc) is 2.96. The maximum atomic E-state index is 12.5. The molecule has 1 atom stereocenters. The number of aryl methyl sites for hydroxylation is 2. The number of hydrogen-bond acceptors (Lipinski definition) is 5. The Kier molecular flexibility index (Phi) is 5.30. The zero-order chi connectivity index (χ0) is 20.6. The Balaban J connectivity index is 1.73. The molecule has 0 fully saturated rings. The summed E-state index contributed by atoms with van der Waals surface area (Å²) in [5.41, 5.74) is 3.96. The SMILES string of the molecule is Cc1ccc(C)c(C(=O)OCC(=O)c2ccc3c(c2)C[C@@H](C)N3S(C)(=O)=O)c1. The number of ketones is 1. The Morgan fingerprint density at radius 2 is 1.86 bits per heavy atom. The third-order valence-corrected chi connectivity index (χ3v) is 6.13. The van der Waals surface area contributed by atoms with Gasteiger partial charge in [0, 0.05) is 11.6 Å². The second-order valence-corrected chi connectivity index (χ2v) is 9.13. The lowest BCUT2D eigenvalue weighted by atomic mass is 10.0. The molecule has 0 unspecified atom stereocenters. The number of carbonyl (C=O) groups is 2. The second-order valence-electron chi connectivity index (χ2n) is 7.27. The summed E-state index contributed by atoms with van der Waals surface area (Å²) in [6.07, 6.45) is 1.70. The van der Waals surface area contributed by atoms with Crippen molar-refractivity contribution in [2.24, 2.45) is 0 Å². The van der Waals surface area contributed by atoms with Crippen molar-refractivity contribution >= 4 is 27.5 Å². The van der Waals surface area contributed by atoms with Crippen LogP contribution in [0.4, 0.5) is 5.69 Å². The van der Waals surface area contributed by atoms with E-state index in [1.165, 1.54) is 10.6 Å². The molecule has 0 spiro atoms. The van der Waals surface area contributed by atoms with Gasteiger partial charge in [0.2, 0.25) is 10.0 Å². The summed E-state index contributed by atoms with van der Waals surface area (Å²) in [6, 6.07) is 10.2. The van der Waals surface area contributed by atoms with Gasteiger partial charge in [0.15, 0.2) is 12.4 Å². The molecule has 0 amide bonds. The van der Waals surface area contributed by atoms with Crippen molar-refractivity contribution in [1.29, 1.82) is 0 Å². The van der Waals surface area contributed by atoms with Crippen LogP contribution in [0.2, 0.25) is 0 Å². The number of hydrogen-bond donors (Lipinski definition) is 0. The highest BCUT2D eigenvalue weighted by Crippen LogP contribution is 2.34. The summed E-state index contributed by atoms with van der Waals surface area (Å²) in [6.45, 7) is 5.16. The van der Waals surface area contributed by atoms with E-state index in [0.29, 0.717) is 23.2 Å². The Morgan fingerprint density at radius 1 is 1.14 bits per heavy atom. The molecule has 1 aliphatic rings. The van der Waals surface area contributed by atoms with Crippen LogP contribution in [0.25, 0.3) is 0 Å². The first-order chi connectivity index (χ1) is 13.1. The van der Waals surface area contributed by atoms with E-state index < -0.39 is 16.0 Å². The maximum Gasteiger partial charge on any atom is 0.338 e. The number of anilines is 1. The maximum absolute atomic E-state index is 12.5. The largest absolute Gasteiger partial charge is 0.454 e. The average molecular weight is 401 g/mol. The molecule has 1 heterocycles. The third kappa shape index (κ3) is 3.94. The van der Waals surface area contributed by atoms with E-state index in [1.807, 2.05) is 32.9 Å². The molecule has 148 valence electrons. The van der Waals surface area contributed by atoms with Crippen LogP contribution in [-0.2, 0) is 21.2 Å². The molecule has 0 bridgehead atoms. The Bertz CT molecular complexity index is 1060. The summed E-state index contributed by atoms with van der Waals surface area (Å²) in [5, 5.41) is 0. The van der Waals surface area contributed by atoms with Gasteiger partial charge in [-0.25, -0.2) is 13.2 Å². The lowest BCUT2D eigenvalue weighted by molar-refractivity contribution is 0.0474. The van der Waals surface area contributed by atoms with Crippen molar-refractivity contribution in [3.05, 3.63) is 64.2 Å². The second kappa shape index (κ2) is 7.39. The Morgan fingerprint density at radius 3 is 2.54 bits per heavy atom. The fourth-order valence-electron chi connectivity index (χ4n) is 3.53. The van der Waals surface area contributed by atoms with Crippen molar-refractivity contribution in [1.82, 2.24) is 0 Å². The van der Waals surface area contributed by atoms with Gasteiger partial charge in [-0.2, -0.15) is 0 Å². The van der Waals surface area contributed by atoms with Gasteiger partial charge in [-0.1, -0.05) is 17.7 Å². The molecule has 0 saturated carbocycles. The lowest BCUT2D eigenvalue weighted by Gasteiger charge is -2.21. The molecule has 0 N–H and O–H groups in total. The molecule has 0 radical (unpaired) electrons. The van der Waals surface area contributed by atoms with Crippen LogP contribution in [0, 0.1) is 13.8 Å². The first-order valence-corrected chi connectivity index (χ1v) is 10.8. The first-order valence-electron chi connectivity index (χ1n) is 8.98. The topological polar surface area (TPSA) is 80.8 Å². The van der Waals surface area contributed by atoms with Gasteiger partial charge < -0.3 is 4.74 Å². The van der Waals surface area contributed by atoms with E-state index in [0.717, 1.165) is 16.7 Å². The minimum absolute atomic E-state index is 0.197. The normalized spacial score (nSPS) is 16.0. The van der Waals surface area contributed by atoms with Crippen LogP contribution in [0.3, 0.4) is 0 Å². The summed E-state index contributed by atoms with van der Waals surface area (Å²) < 4.78 is 30.6. The molecule has 2 aromatic carbocycles. The number of benzene rings is 2. The smallest absolute Gasteiger partial charge is 0.338 e. The number of ether oxygens (including phenoxy) is 1. The van der Waals surface area contributed by atoms with Gasteiger partial charge >= 0.3 is 5.97 Å². The third-order valence-electron chi connectivity index (χ3n) is 4.86. The quantitative estimate of drug-likeness (QED) is 0.568. The minimum Gasteiger partial charge on any atom is -0.454 e. The molecule has 7 heteroatoms. The highest BCUT2D eigenvalue weighted by Gasteiger charge is 2.32. The number of nitrogens with zero attached hydrogens (tertiary/aromatic N) is 1. The predicted octanol–water partition coefficient (Wildman–Crippen LogP) is 3.05. The number of esters is 1. The van der Waals surface area contributed by atoms with Gasteiger partial charge in [-0.15, -0.1) is 0 Å². The first kappa shape index (κ1) is 20.1. The molecule has 3 rings (SSSR count). The van der Waals surface area contributed by atoms with E-state index in [9.17, 15) is 18.0 Å². The van der Waals surface area contributed by atoms with Gasteiger partial charge in [0.1, 0.15) is 0 Å². The zero-order valence-corrected chi connectivity index (χ0v) is 17.2. The molecular formula is C21H23NO5S. The molecule has 6 nitrogen and oxygen atoms in total. The molecule has 0 saturated heterocycles. The van der Waals surface area contributed by atoms with Crippen LogP contribution < -0.4 is 4.31 Å². The van der Waals surface area contributed by atoms with Crippen molar-refractivity contribution in [3.63, 3.8) is 0 Å². The fraction of sp³-hybridized carbons (Fsp3) is 0.333. The number of sulfonamides is 1. The van der Waals surface area contributed by atoms with Crippen LogP contribution in [0.1, 0.15) is 44.3 Å². The Labute approximate surface area is 165 Å². The van der Waals surface area contributed by atoms with E-state index in [1.54, 1.807) is 24.3 Å². The van der Waals surface area contributed by atoms with Crippen molar-refractivity contribution in [3.8, 4) is 0 Å². The molecule has 2 aromatic rings. The fourth-order valence-corrected chi connectivity index (χ4v) is 4.79.